The number of aliphatic hydroxyl groups excluding tert-OH is 1. The van der Waals surface area contributed by atoms with E-state index in [1.54, 1.807) is 30.5 Å². The number of benzene rings is 1. The molecule has 0 saturated carbocycles. The van der Waals surface area contributed by atoms with Gasteiger partial charge in [0.25, 0.3) is 0 Å². The third kappa shape index (κ3) is 2.01. The molecule has 0 aliphatic heterocycles. The fourth-order valence-corrected chi connectivity index (χ4v) is 1.45. The maximum Gasteiger partial charge on any atom is 0.128 e. The van der Waals surface area contributed by atoms with Crippen LogP contribution >= 0.6 is 0 Å². The molecule has 0 fully saturated rings. The normalized spacial score (nSPS) is 10.4. The van der Waals surface area contributed by atoms with E-state index in [9.17, 15) is 4.39 Å². The average molecular weight is 218 g/mol. The number of aromatic nitrogens is 1. The lowest BCUT2D eigenvalue weighted by molar-refractivity contribution is 0.276. The van der Waals surface area contributed by atoms with Gasteiger partial charge in [-0.3, -0.25) is 0 Å². The van der Waals surface area contributed by atoms with Crippen molar-refractivity contribution in [2.45, 2.75) is 6.61 Å². The van der Waals surface area contributed by atoms with E-state index in [1.165, 1.54) is 6.07 Å². The first kappa shape index (κ1) is 10.6. The molecular weight excluding hydrogens is 207 g/mol. The van der Waals surface area contributed by atoms with Crippen molar-refractivity contribution in [2.75, 3.05) is 5.73 Å². The third-order valence-corrected chi connectivity index (χ3v) is 2.34. The molecule has 2 rings (SSSR count). The minimum Gasteiger partial charge on any atom is -0.392 e. The first-order chi connectivity index (χ1) is 7.70. The van der Waals surface area contributed by atoms with Crippen LogP contribution in [0.1, 0.15) is 5.56 Å². The van der Waals surface area contributed by atoms with Crippen molar-refractivity contribution in [3.05, 3.63) is 47.9 Å². The van der Waals surface area contributed by atoms with Crippen LogP contribution in [0.15, 0.2) is 36.5 Å². The van der Waals surface area contributed by atoms with Crippen LogP contribution in [0.4, 0.5) is 10.2 Å². The molecule has 82 valence electrons. The minimum absolute atomic E-state index is 0.273. The maximum absolute atomic E-state index is 13.2. The lowest BCUT2D eigenvalue weighted by atomic mass is 10.0. The predicted octanol–water partition coefficient (Wildman–Crippen LogP) is 1.96. The van der Waals surface area contributed by atoms with Gasteiger partial charge in [0.05, 0.1) is 6.61 Å². The molecule has 0 bridgehead atoms. The maximum atomic E-state index is 13.2. The second kappa shape index (κ2) is 4.28. The summed E-state index contributed by atoms with van der Waals surface area (Å²) in [5.74, 6) is 0.0305. The number of rotatable bonds is 2. The van der Waals surface area contributed by atoms with E-state index in [-0.39, 0.29) is 12.2 Å². The van der Waals surface area contributed by atoms with Crippen LogP contribution in [0.2, 0.25) is 0 Å². The number of nitrogens with two attached hydrogens (primary N) is 1. The Kier molecular flexibility index (Phi) is 2.83. The molecule has 0 aliphatic carbocycles. The topological polar surface area (TPSA) is 59.1 Å². The number of aliphatic hydroxyl groups is 1. The van der Waals surface area contributed by atoms with Crippen LogP contribution in [0.5, 0.6) is 0 Å². The van der Waals surface area contributed by atoms with Crippen molar-refractivity contribution in [3.63, 3.8) is 0 Å². The largest absolute Gasteiger partial charge is 0.392 e. The van der Waals surface area contributed by atoms with E-state index < -0.39 is 5.82 Å². The molecule has 0 spiro atoms. The smallest absolute Gasteiger partial charge is 0.128 e. The van der Waals surface area contributed by atoms with Crippen LogP contribution < -0.4 is 5.73 Å². The van der Waals surface area contributed by atoms with E-state index in [2.05, 4.69) is 4.98 Å². The van der Waals surface area contributed by atoms with Gasteiger partial charge in [-0.2, -0.15) is 0 Å². The number of hydrogen-bond acceptors (Lipinski definition) is 3. The lowest BCUT2D eigenvalue weighted by Gasteiger charge is -2.05. The monoisotopic (exact) mass is 218 g/mol. The number of hydrogen-bond donors (Lipinski definition) is 2. The van der Waals surface area contributed by atoms with E-state index >= 15 is 0 Å². The van der Waals surface area contributed by atoms with Gasteiger partial charge < -0.3 is 10.8 Å². The Labute approximate surface area is 92.4 Å². The Hall–Kier alpha value is -1.94. The van der Waals surface area contributed by atoms with Gasteiger partial charge in [0.15, 0.2) is 0 Å². The van der Waals surface area contributed by atoms with Crippen LogP contribution in [-0.2, 0) is 6.61 Å². The van der Waals surface area contributed by atoms with Crippen molar-refractivity contribution < 1.29 is 9.50 Å². The Morgan fingerprint density at radius 2 is 1.94 bits per heavy atom. The highest BCUT2D eigenvalue weighted by atomic mass is 19.1. The number of nitrogens with zero attached hydrogens (tertiary/aromatic N) is 1. The number of anilines is 1. The Morgan fingerprint density at radius 3 is 2.56 bits per heavy atom. The van der Waals surface area contributed by atoms with E-state index in [1.807, 2.05) is 0 Å². The zero-order valence-electron chi connectivity index (χ0n) is 8.52. The molecule has 2 aromatic rings. The van der Waals surface area contributed by atoms with Gasteiger partial charge >= 0.3 is 0 Å². The summed E-state index contributed by atoms with van der Waals surface area (Å²) in [5, 5.41) is 8.96. The van der Waals surface area contributed by atoms with Crippen molar-refractivity contribution in [2.24, 2.45) is 0 Å². The van der Waals surface area contributed by atoms with Crippen LogP contribution in [-0.4, -0.2) is 10.1 Å². The SMILES string of the molecule is Nc1ccc(-c2ccc(F)c(CO)c2)cn1. The molecule has 0 atom stereocenters. The summed E-state index contributed by atoms with van der Waals surface area (Å²) in [6.07, 6.45) is 1.61. The second-order valence-corrected chi connectivity index (χ2v) is 3.44. The van der Waals surface area contributed by atoms with E-state index in [0.717, 1.165) is 11.1 Å². The summed E-state index contributed by atoms with van der Waals surface area (Å²) in [6, 6.07) is 8.05. The molecule has 3 N–H and O–H groups in total. The van der Waals surface area contributed by atoms with Gasteiger partial charge in [-0.05, 0) is 29.8 Å². The van der Waals surface area contributed by atoms with Gasteiger partial charge in [-0.15, -0.1) is 0 Å². The van der Waals surface area contributed by atoms with Gasteiger partial charge in [-0.1, -0.05) is 6.07 Å². The standard InChI is InChI=1S/C12H11FN2O/c13-11-3-1-8(5-10(11)7-16)9-2-4-12(14)15-6-9/h1-6,16H,7H2,(H2,14,15). The molecule has 0 unspecified atom stereocenters. The molecule has 1 aromatic carbocycles. The predicted molar refractivity (Wildman–Crippen MR) is 60.0 cm³/mol. The summed E-state index contributed by atoms with van der Waals surface area (Å²) in [7, 11) is 0. The first-order valence-electron chi connectivity index (χ1n) is 4.82. The summed E-state index contributed by atoms with van der Waals surface area (Å²) in [5.41, 5.74) is 7.39. The number of pyridine rings is 1. The van der Waals surface area contributed by atoms with Crippen LogP contribution in [0, 0.1) is 5.82 Å². The van der Waals surface area contributed by atoms with Crippen molar-refractivity contribution in [1.29, 1.82) is 0 Å². The van der Waals surface area contributed by atoms with Crippen LogP contribution in [0.3, 0.4) is 0 Å². The molecule has 4 heteroatoms. The molecule has 0 radical (unpaired) electrons. The van der Waals surface area contributed by atoms with Gasteiger partial charge in [0, 0.05) is 17.3 Å². The summed E-state index contributed by atoms with van der Waals surface area (Å²) >= 11 is 0. The second-order valence-electron chi connectivity index (χ2n) is 3.44. The van der Waals surface area contributed by atoms with Gasteiger partial charge in [0.1, 0.15) is 11.6 Å². The zero-order valence-corrected chi connectivity index (χ0v) is 8.52. The van der Waals surface area contributed by atoms with E-state index in [4.69, 9.17) is 10.8 Å². The average Bonchev–Trinajstić information content (AvgIpc) is 2.31. The highest BCUT2D eigenvalue weighted by Gasteiger charge is 2.04. The first-order valence-corrected chi connectivity index (χ1v) is 4.82. The molecule has 0 saturated heterocycles. The lowest BCUT2D eigenvalue weighted by Crippen LogP contribution is -1.92. The Balaban J connectivity index is 2.44. The Morgan fingerprint density at radius 1 is 1.19 bits per heavy atom. The highest BCUT2D eigenvalue weighted by Crippen LogP contribution is 2.21. The molecule has 16 heavy (non-hydrogen) atoms. The van der Waals surface area contributed by atoms with Gasteiger partial charge in [-0.25, -0.2) is 9.37 Å². The molecule has 3 nitrogen and oxygen atoms in total. The minimum atomic E-state index is -0.408. The number of nitrogen functional groups attached to an aromatic ring is 1. The molecular formula is C12H11FN2O. The molecule has 0 aliphatic rings. The summed E-state index contributed by atoms with van der Waals surface area (Å²) in [6.45, 7) is -0.317. The molecule has 1 aromatic heterocycles. The van der Waals surface area contributed by atoms with Crippen molar-refractivity contribution >= 4 is 5.82 Å². The summed E-state index contributed by atoms with van der Waals surface area (Å²) < 4.78 is 13.2. The fraction of sp³-hybridized carbons (Fsp3) is 0.0833. The number of halogens is 1. The highest BCUT2D eigenvalue weighted by molar-refractivity contribution is 5.64. The fourth-order valence-electron chi connectivity index (χ4n) is 1.45. The third-order valence-electron chi connectivity index (χ3n) is 2.34. The van der Waals surface area contributed by atoms with Crippen LogP contribution in [0.25, 0.3) is 11.1 Å². The molecule has 0 amide bonds. The van der Waals surface area contributed by atoms with Crippen molar-refractivity contribution in [1.82, 2.24) is 4.98 Å². The zero-order chi connectivity index (χ0) is 11.5. The Bertz CT molecular complexity index is 497. The summed E-state index contributed by atoms with van der Waals surface area (Å²) in [4.78, 5) is 3.95. The quantitative estimate of drug-likeness (QED) is 0.810. The van der Waals surface area contributed by atoms with Gasteiger partial charge in [0.2, 0.25) is 0 Å². The van der Waals surface area contributed by atoms with E-state index in [0.29, 0.717) is 5.82 Å². The molecule has 1 heterocycles. The van der Waals surface area contributed by atoms with Crippen molar-refractivity contribution in [3.8, 4) is 11.1 Å².